The molecule has 3 N–H and O–H groups in total. The predicted molar refractivity (Wildman–Crippen MR) is 211 cm³/mol. The number of hydrogen-bond donors (Lipinski definition) is 3. The first kappa shape index (κ1) is 40.5. The lowest BCUT2D eigenvalue weighted by molar-refractivity contribution is 0.437. The molecule has 0 amide bonds. The maximum absolute atomic E-state index is 11.5. The first-order chi connectivity index (χ1) is 21.8. The number of phenolic OH excluding ortho intramolecular Hbond substituents is 3. The van der Waals surface area contributed by atoms with Crippen molar-refractivity contribution in [3.05, 3.63) is 86.5 Å². The topological polar surface area (TPSA) is 60.7 Å². The molecule has 0 aliphatic heterocycles. The smallest absolute Gasteiger partial charge is 0.119 e. The standard InChI is InChI=1S/C46H70O3/c1-27(28-21-35(44(11,12)13)38(47)24-32(28)41(2,3)4)20-29(30-22-36(45(14,15)16)39(48)25-33(30)42(5,6)7)31-23-37(46(17,18)19)40(49)26-34(31)43(8,9)10/h21-27,29,47-49H,20H2,1-19H3. The van der Waals surface area contributed by atoms with Crippen molar-refractivity contribution in [2.75, 3.05) is 0 Å². The van der Waals surface area contributed by atoms with Crippen molar-refractivity contribution in [1.82, 2.24) is 0 Å². The van der Waals surface area contributed by atoms with Crippen LogP contribution in [0, 0.1) is 0 Å². The van der Waals surface area contributed by atoms with Gasteiger partial charge in [0.25, 0.3) is 0 Å². The van der Waals surface area contributed by atoms with Gasteiger partial charge in [-0.2, -0.15) is 0 Å². The van der Waals surface area contributed by atoms with Crippen LogP contribution in [0.4, 0.5) is 0 Å². The SMILES string of the molecule is CC(CC(c1cc(C(C)(C)C)c(O)cc1C(C)(C)C)c1cc(C(C)(C)C)c(O)cc1C(C)(C)C)c1cc(C(C)(C)C)c(O)cc1C(C)(C)C. The van der Waals surface area contributed by atoms with Crippen molar-refractivity contribution in [3.63, 3.8) is 0 Å². The second-order valence-electron chi connectivity index (χ2n) is 21.1. The van der Waals surface area contributed by atoms with E-state index in [-0.39, 0.29) is 44.3 Å². The predicted octanol–water partition coefficient (Wildman–Crippen LogP) is 12.9. The molecule has 0 aromatic heterocycles. The number of rotatable bonds is 5. The Morgan fingerprint density at radius 2 is 0.592 bits per heavy atom. The van der Waals surface area contributed by atoms with Gasteiger partial charge < -0.3 is 15.3 Å². The number of aromatic hydroxyl groups is 3. The van der Waals surface area contributed by atoms with E-state index < -0.39 is 0 Å². The molecule has 0 aliphatic rings. The minimum absolute atomic E-state index is 0.0402. The van der Waals surface area contributed by atoms with Crippen LogP contribution in [-0.4, -0.2) is 15.3 Å². The summed E-state index contributed by atoms with van der Waals surface area (Å²) in [5.41, 5.74) is 8.62. The van der Waals surface area contributed by atoms with Crippen molar-refractivity contribution in [3.8, 4) is 17.2 Å². The molecular weight excluding hydrogens is 601 g/mol. The van der Waals surface area contributed by atoms with Gasteiger partial charge in [0.1, 0.15) is 17.2 Å². The molecule has 0 heterocycles. The lowest BCUT2D eigenvalue weighted by Crippen LogP contribution is -2.24. The Morgan fingerprint density at radius 3 is 0.837 bits per heavy atom. The normalized spacial score (nSPS) is 14.4. The summed E-state index contributed by atoms with van der Waals surface area (Å²) in [4.78, 5) is 0. The van der Waals surface area contributed by atoms with E-state index in [4.69, 9.17) is 0 Å². The molecule has 0 radical (unpaired) electrons. The third-order valence-corrected chi connectivity index (χ3v) is 10.2. The summed E-state index contributed by atoms with van der Waals surface area (Å²) in [6.45, 7) is 41.9. The summed E-state index contributed by atoms with van der Waals surface area (Å²) < 4.78 is 0. The quantitative estimate of drug-likeness (QED) is 0.253. The van der Waals surface area contributed by atoms with Crippen LogP contribution in [0.3, 0.4) is 0 Å². The van der Waals surface area contributed by atoms with Crippen LogP contribution in [0.15, 0.2) is 36.4 Å². The fraction of sp³-hybridized carbons (Fsp3) is 0.609. The fourth-order valence-corrected chi connectivity index (χ4v) is 7.45. The van der Waals surface area contributed by atoms with Crippen LogP contribution in [0.5, 0.6) is 17.2 Å². The van der Waals surface area contributed by atoms with E-state index in [1.54, 1.807) is 0 Å². The Bertz CT molecular complexity index is 1580. The number of hydrogen-bond acceptors (Lipinski definition) is 3. The third kappa shape index (κ3) is 8.87. The Kier molecular flexibility index (Phi) is 10.7. The van der Waals surface area contributed by atoms with Crippen LogP contribution in [0.2, 0.25) is 0 Å². The molecule has 272 valence electrons. The highest BCUT2D eigenvalue weighted by molar-refractivity contribution is 5.56. The summed E-state index contributed by atoms with van der Waals surface area (Å²) in [6.07, 6.45) is 0.812. The highest BCUT2D eigenvalue weighted by atomic mass is 16.3. The van der Waals surface area contributed by atoms with Crippen LogP contribution in [0.1, 0.15) is 200 Å². The second kappa shape index (κ2) is 13.0. The monoisotopic (exact) mass is 671 g/mol. The highest BCUT2D eigenvalue weighted by Crippen LogP contribution is 2.50. The van der Waals surface area contributed by atoms with Crippen molar-refractivity contribution in [1.29, 1.82) is 0 Å². The summed E-state index contributed by atoms with van der Waals surface area (Å²) >= 11 is 0. The van der Waals surface area contributed by atoms with E-state index in [1.807, 2.05) is 18.2 Å². The van der Waals surface area contributed by atoms with Gasteiger partial charge in [0.05, 0.1) is 0 Å². The minimum Gasteiger partial charge on any atom is -0.508 e. The Morgan fingerprint density at radius 1 is 0.367 bits per heavy atom. The van der Waals surface area contributed by atoms with Crippen LogP contribution in [0.25, 0.3) is 0 Å². The molecular formula is C46H70O3. The van der Waals surface area contributed by atoms with Gasteiger partial charge in [-0.05, 0) is 113 Å². The molecule has 0 aliphatic carbocycles. The Balaban J connectivity index is 2.58. The molecule has 0 fully saturated rings. The van der Waals surface area contributed by atoms with E-state index in [0.29, 0.717) is 17.2 Å². The molecule has 0 bridgehead atoms. The van der Waals surface area contributed by atoms with Crippen molar-refractivity contribution in [2.45, 2.75) is 182 Å². The van der Waals surface area contributed by atoms with Gasteiger partial charge in [0.2, 0.25) is 0 Å². The van der Waals surface area contributed by atoms with Crippen LogP contribution < -0.4 is 0 Å². The van der Waals surface area contributed by atoms with E-state index in [1.165, 1.54) is 22.3 Å². The Labute approximate surface area is 300 Å². The molecule has 0 spiro atoms. The number of benzene rings is 3. The zero-order valence-corrected chi connectivity index (χ0v) is 34.7. The molecule has 1 unspecified atom stereocenters. The minimum atomic E-state index is -0.262. The van der Waals surface area contributed by atoms with Gasteiger partial charge in [-0.1, -0.05) is 150 Å². The average molecular weight is 671 g/mol. The summed E-state index contributed by atoms with van der Waals surface area (Å²) in [7, 11) is 0. The van der Waals surface area contributed by atoms with Gasteiger partial charge >= 0.3 is 0 Å². The lowest BCUT2D eigenvalue weighted by Gasteiger charge is -2.37. The van der Waals surface area contributed by atoms with Gasteiger partial charge in [-0.15, -0.1) is 0 Å². The largest absolute Gasteiger partial charge is 0.508 e. The molecule has 3 aromatic rings. The van der Waals surface area contributed by atoms with E-state index in [2.05, 4.69) is 150 Å². The first-order valence-electron chi connectivity index (χ1n) is 18.4. The fourth-order valence-electron chi connectivity index (χ4n) is 7.45. The van der Waals surface area contributed by atoms with E-state index in [9.17, 15) is 15.3 Å². The summed E-state index contributed by atoms with van der Waals surface area (Å²) in [6, 6.07) is 12.9. The maximum Gasteiger partial charge on any atom is 0.119 e. The molecule has 0 saturated carbocycles. The zero-order chi connectivity index (χ0) is 38.0. The molecule has 49 heavy (non-hydrogen) atoms. The summed E-state index contributed by atoms with van der Waals surface area (Å²) in [5.74, 6) is 1.13. The van der Waals surface area contributed by atoms with Gasteiger partial charge in [-0.3, -0.25) is 0 Å². The van der Waals surface area contributed by atoms with Crippen molar-refractivity contribution in [2.24, 2.45) is 0 Å². The van der Waals surface area contributed by atoms with Crippen LogP contribution >= 0.6 is 0 Å². The van der Waals surface area contributed by atoms with E-state index >= 15 is 0 Å². The lowest BCUT2D eigenvalue weighted by atomic mass is 9.68. The highest BCUT2D eigenvalue weighted by Gasteiger charge is 2.36. The number of phenols is 3. The van der Waals surface area contributed by atoms with Crippen molar-refractivity contribution < 1.29 is 15.3 Å². The van der Waals surface area contributed by atoms with Crippen molar-refractivity contribution >= 4 is 0 Å². The molecule has 3 nitrogen and oxygen atoms in total. The first-order valence-corrected chi connectivity index (χ1v) is 18.4. The van der Waals surface area contributed by atoms with Gasteiger partial charge in [0.15, 0.2) is 0 Å². The zero-order valence-electron chi connectivity index (χ0n) is 34.7. The average Bonchev–Trinajstić information content (AvgIpc) is 2.87. The Hall–Kier alpha value is -2.94. The second-order valence-corrected chi connectivity index (χ2v) is 21.1. The molecule has 3 heteroatoms. The third-order valence-electron chi connectivity index (χ3n) is 10.2. The van der Waals surface area contributed by atoms with E-state index in [0.717, 1.165) is 34.2 Å². The molecule has 3 aromatic carbocycles. The molecule has 3 rings (SSSR count). The maximum atomic E-state index is 11.5. The van der Waals surface area contributed by atoms with Gasteiger partial charge in [0, 0.05) is 5.92 Å². The van der Waals surface area contributed by atoms with Gasteiger partial charge in [-0.25, -0.2) is 0 Å². The van der Waals surface area contributed by atoms with Crippen LogP contribution in [-0.2, 0) is 32.5 Å². The molecule has 0 saturated heterocycles. The molecule has 1 atom stereocenters. The summed E-state index contributed by atoms with van der Waals surface area (Å²) in [5, 5.41) is 34.3.